The van der Waals surface area contributed by atoms with Crippen molar-refractivity contribution in [2.24, 2.45) is 11.8 Å². The summed E-state index contributed by atoms with van der Waals surface area (Å²) in [6.07, 6.45) is 0.599. The Bertz CT molecular complexity index is 605. The van der Waals surface area contributed by atoms with Crippen LogP contribution in [0, 0.1) is 18.8 Å². The Morgan fingerprint density at radius 1 is 1.20 bits per heavy atom. The Balaban J connectivity index is 2.46. The van der Waals surface area contributed by atoms with Gasteiger partial charge in [-0.3, -0.25) is 4.79 Å². The minimum Gasteiger partial charge on any atom is -0.273 e. The molecule has 1 aromatic carbocycles. The second-order valence-electron chi connectivity index (χ2n) is 5.90. The average molecular weight is 295 g/mol. The molecule has 1 heterocycles. The lowest BCUT2D eigenvalue weighted by Crippen LogP contribution is -2.41. The molecule has 2 atom stereocenters. The maximum Gasteiger partial charge on any atom is 0.266 e. The van der Waals surface area contributed by atoms with Crippen LogP contribution in [-0.4, -0.2) is 24.7 Å². The first kappa shape index (κ1) is 15.0. The van der Waals surface area contributed by atoms with Gasteiger partial charge < -0.3 is 0 Å². The molecule has 0 aliphatic carbocycles. The van der Waals surface area contributed by atoms with Gasteiger partial charge in [-0.05, 0) is 31.4 Å². The van der Waals surface area contributed by atoms with E-state index in [2.05, 4.69) is 0 Å². The van der Waals surface area contributed by atoms with Crippen molar-refractivity contribution < 1.29 is 13.2 Å². The molecule has 0 bridgehead atoms. The predicted molar refractivity (Wildman–Crippen MR) is 77.6 cm³/mol. The van der Waals surface area contributed by atoms with E-state index in [0.717, 1.165) is 9.87 Å². The fraction of sp³-hybridized carbons (Fsp3) is 0.533. The molecule has 1 fully saturated rings. The highest BCUT2D eigenvalue weighted by molar-refractivity contribution is 7.89. The first-order chi connectivity index (χ1) is 9.25. The summed E-state index contributed by atoms with van der Waals surface area (Å²) in [7, 11) is -3.75. The molecule has 20 heavy (non-hydrogen) atoms. The third-order valence-electron chi connectivity index (χ3n) is 3.88. The number of carbonyl (C=O) groups excluding carboxylic acids is 1. The highest BCUT2D eigenvalue weighted by Crippen LogP contribution is 2.34. The van der Waals surface area contributed by atoms with Crippen molar-refractivity contribution in [2.75, 3.05) is 0 Å². The third kappa shape index (κ3) is 2.46. The van der Waals surface area contributed by atoms with Crippen molar-refractivity contribution in [1.29, 1.82) is 0 Å². The van der Waals surface area contributed by atoms with E-state index in [1.807, 2.05) is 20.8 Å². The van der Waals surface area contributed by atoms with Crippen molar-refractivity contribution in [3.05, 3.63) is 29.8 Å². The lowest BCUT2D eigenvalue weighted by atomic mass is 9.99. The predicted octanol–water partition coefficient (Wildman–Crippen LogP) is 2.58. The quantitative estimate of drug-likeness (QED) is 0.861. The number of hydrogen-bond acceptors (Lipinski definition) is 3. The first-order valence-corrected chi connectivity index (χ1v) is 8.34. The van der Waals surface area contributed by atoms with Gasteiger partial charge in [0.25, 0.3) is 10.0 Å². The highest BCUT2D eigenvalue weighted by Gasteiger charge is 2.45. The van der Waals surface area contributed by atoms with E-state index < -0.39 is 10.0 Å². The molecule has 0 aromatic heterocycles. The summed E-state index contributed by atoms with van der Waals surface area (Å²) >= 11 is 0. The van der Waals surface area contributed by atoms with Crippen LogP contribution in [0.2, 0.25) is 0 Å². The van der Waals surface area contributed by atoms with Crippen molar-refractivity contribution in [3.63, 3.8) is 0 Å². The van der Waals surface area contributed by atoms with Gasteiger partial charge in [0.1, 0.15) is 0 Å². The molecule has 0 saturated carbocycles. The molecule has 4 nitrogen and oxygen atoms in total. The average Bonchev–Trinajstić information content (AvgIpc) is 2.67. The molecule has 0 radical (unpaired) electrons. The number of rotatable bonds is 3. The van der Waals surface area contributed by atoms with Crippen LogP contribution in [0.25, 0.3) is 0 Å². The minimum absolute atomic E-state index is 0.115. The molecule has 1 amide bonds. The number of carbonyl (C=O) groups is 1. The largest absolute Gasteiger partial charge is 0.273 e. The van der Waals surface area contributed by atoms with E-state index in [1.54, 1.807) is 31.2 Å². The summed E-state index contributed by atoms with van der Waals surface area (Å²) in [5, 5.41) is 0. The Kier molecular flexibility index (Phi) is 3.91. The van der Waals surface area contributed by atoms with Gasteiger partial charge in [-0.15, -0.1) is 0 Å². The highest BCUT2D eigenvalue weighted by atomic mass is 32.2. The summed E-state index contributed by atoms with van der Waals surface area (Å²) in [5.74, 6) is -0.406. The van der Waals surface area contributed by atoms with Gasteiger partial charge in [0.15, 0.2) is 0 Å². The fourth-order valence-corrected chi connectivity index (χ4v) is 4.41. The molecule has 110 valence electrons. The lowest BCUT2D eigenvalue weighted by molar-refractivity contribution is -0.127. The van der Waals surface area contributed by atoms with Gasteiger partial charge in [0, 0.05) is 5.92 Å². The summed E-state index contributed by atoms with van der Waals surface area (Å²) < 4.78 is 26.5. The molecule has 0 spiro atoms. The van der Waals surface area contributed by atoms with Gasteiger partial charge in [0.05, 0.1) is 10.9 Å². The number of sulfonamides is 1. The van der Waals surface area contributed by atoms with E-state index in [1.165, 1.54) is 0 Å². The van der Waals surface area contributed by atoms with Crippen molar-refractivity contribution in [3.8, 4) is 0 Å². The number of aryl methyl sites for hydroxylation is 1. The number of amides is 1. The molecule has 2 rings (SSSR count). The van der Waals surface area contributed by atoms with Crippen LogP contribution in [0.1, 0.15) is 32.8 Å². The van der Waals surface area contributed by atoms with Gasteiger partial charge >= 0.3 is 0 Å². The fourth-order valence-electron chi connectivity index (χ4n) is 2.60. The summed E-state index contributed by atoms with van der Waals surface area (Å²) in [4.78, 5) is 12.4. The smallest absolute Gasteiger partial charge is 0.266 e. The van der Waals surface area contributed by atoms with Gasteiger partial charge in [0.2, 0.25) is 5.91 Å². The van der Waals surface area contributed by atoms with Crippen LogP contribution < -0.4 is 0 Å². The standard InChI is InChI=1S/C15H21NO3S/c1-10(2)14-9-12(4)15(17)16(14)20(18,19)13-7-5-11(3)6-8-13/h5-8,10,12,14H,9H2,1-4H3/t12-,14+/m0/s1. The zero-order valence-electron chi connectivity index (χ0n) is 12.3. The monoisotopic (exact) mass is 295 g/mol. The normalized spacial score (nSPS) is 23.6. The minimum atomic E-state index is -3.75. The van der Waals surface area contributed by atoms with Crippen molar-refractivity contribution in [2.45, 2.75) is 45.1 Å². The van der Waals surface area contributed by atoms with E-state index >= 15 is 0 Å². The molecule has 0 unspecified atom stereocenters. The summed E-state index contributed by atoms with van der Waals surface area (Å²) in [5.41, 5.74) is 0.991. The number of nitrogens with zero attached hydrogens (tertiary/aromatic N) is 1. The second kappa shape index (κ2) is 5.20. The van der Waals surface area contributed by atoms with Crippen LogP contribution >= 0.6 is 0 Å². The van der Waals surface area contributed by atoms with Crippen LogP contribution in [0.3, 0.4) is 0 Å². The SMILES string of the molecule is Cc1ccc(S(=O)(=O)N2C(=O)[C@@H](C)C[C@@H]2C(C)C)cc1. The van der Waals surface area contributed by atoms with Crippen LogP contribution in [0.5, 0.6) is 0 Å². The molecule has 1 aliphatic rings. The lowest BCUT2D eigenvalue weighted by Gasteiger charge is -2.27. The Hall–Kier alpha value is -1.36. The van der Waals surface area contributed by atoms with Crippen LogP contribution in [0.15, 0.2) is 29.2 Å². The molecule has 1 aromatic rings. The van der Waals surface area contributed by atoms with Gasteiger partial charge in [-0.1, -0.05) is 38.5 Å². The molecular weight excluding hydrogens is 274 g/mol. The third-order valence-corrected chi connectivity index (χ3v) is 5.72. The van der Waals surface area contributed by atoms with Gasteiger partial charge in [-0.2, -0.15) is 0 Å². The van der Waals surface area contributed by atoms with Crippen LogP contribution in [0.4, 0.5) is 0 Å². The second-order valence-corrected chi connectivity index (χ2v) is 7.72. The molecule has 5 heteroatoms. The molecule has 0 N–H and O–H groups in total. The Morgan fingerprint density at radius 3 is 2.25 bits per heavy atom. The van der Waals surface area contributed by atoms with Crippen LogP contribution in [-0.2, 0) is 14.8 Å². The van der Waals surface area contributed by atoms with E-state index in [9.17, 15) is 13.2 Å². The number of hydrogen-bond donors (Lipinski definition) is 0. The zero-order chi connectivity index (χ0) is 15.1. The van der Waals surface area contributed by atoms with E-state index in [4.69, 9.17) is 0 Å². The van der Waals surface area contributed by atoms with E-state index in [-0.39, 0.29) is 28.7 Å². The van der Waals surface area contributed by atoms with Crippen molar-refractivity contribution in [1.82, 2.24) is 4.31 Å². The molecule has 1 aliphatic heterocycles. The Morgan fingerprint density at radius 2 is 1.75 bits per heavy atom. The molecular formula is C15H21NO3S. The van der Waals surface area contributed by atoms with Crippen molar-refractivity contribution >= 4 is 15.9 Å². The maximum absolute atomic E-state index is 12.7. The summed E-state index contributed by atoms with van der Waals surface area (Å²) in [6, 6.07) is 6.39. The number of benzene rings is 1. The topological polar surface area (TPSA) is 54.5 Å². The first-order valence-electron chi connectivity index (χ1n) is 6.90. The maximum atomic E-state index is 12.7. The zero-order valence-corrected chi connectivity index (χ0v) is 13.1. The Labute approximate surface area is 120 Å². The molecule has 1 saturated heterocycles. The van der Waals surface area contributed by atoms with E-state index in [0.29, 0.717) is 6.42 Å². The summed E-state index contributed by atoms with van der Waals surface area (Å²) in [6.45, 7) is 7.60. The van der Waals surface area contributed by atoms with Gasteiger partial charge in [-0.25, -0.2) is 12.7 Å².